The van der Waals surface area contributed by atoms with Crippen molar-refractivity contribution in [3.8, 4) is 0 Å². The number of carbonyl (C=O) groups is 2. The summed E-state index contributed by atoms with van der Waals surface area (Å²) in [5.74, 6) is -4.77. The first-order valence-corrected chi connectivity index (χ1v) is 30.7. The van der Waals surface area contributed by atoms with Crippen LogP contribution in [0.4, 0.5) is 4.79 Å². The number of likely N-dealkylation sites (N-methyl/N-ethyl adjacent to an activating group) is 1. The van der Waals surface area contributed by atoms with Crippen LogP contribution >= 0.6 is 0 Å². The quantitative estimate of drug-likeness (QED) is 0.0403. The minimum Gasteiger partial charge on any atom is -0.479 e. The fourth-order valence-electron chi connectivity index (χ4n) is 10.8. The third-order valence-electron chi connectivity index (χ3n) is 15.7. The van der Waals surface area contributed by atoms with Gasteiger partial charge in [-0.05, 0) is 55.8 Å². The highest BCUT2D eigenvalue weighted by Crippen LogP contribution is 2.41. The van der Waals surface area contributed by atoms with Crippen molar-refractivity contribution in [3.05, 3.63) is 108 Å². The topological polar surface area (TPSA) is 350 Å². The van der Waals surface area contributed by atoms with Crippen molar-refractivity contribution >= 4 is 32.9 Å². The van der Waals surface area contributed by atoms with Gasteiger partial charge in [-0.25, -0.2) is 18.0 Å². The summed E-state index contributed by atoms with van der Waals surface area (Å²) in [5, 5.41) is 48.1. The summed E-state index contributed by atoms with van der Waals surface area (Å²) in [5.41, 5.74) is 2.55. The van der Waals surface area contributed by atoms with E-state index in [1.807, 2.05) is 66.7 Å². The zero-order chi connectivity index (χ0) is 60.9. The van der Waals surface area contributed by atoms with Crippen LogP contribution in [0.1, 0.15) is 70.6 Å². The summed E-state index contributed by atoms with van der Waals surface area (Å²) in [6.07, 6.45) is -19.5. The van der Waals surface area contributed by atoms with E-state index in [-0.39, 0.29) is 19.8 Å². The first-order chi connectivity index (χ1) is 39.9. The van der Waals surface area contributed by atoms with Gasteiger partial charge in [-0.1, -0.05) is 119 Å². The molecule has 7 rings (SSSR count). The molecule has 0 spiro atoms. The van der Waals surface area contributed by atoms with Crippen molar-refractivity contribution in [1.29, 1.82) is 0 Å². The number of carboxylic acids is 1. The highest BCUT2D eigenvalue weighted by atomic mass is 32.3. The molecule has 84 heavy (non-hydrogen) atoms. The number of nitrogens with one attached hydrogen (secondary N) is 1. The zero-order valence-corrected chi connectivity index (χ0v) is 49.2. The van der Waals surface area contributed by atoms with Crippen molar-refractivity contribution < 1.29 is 112 Å². The van der Waals surface area contributed by atoms with Gasteiger partial charge in [-0.3, -0.25) is 9.11 Å². The highest BCUT2D eigenvalue weighted by molar-refractivity contribution is 7.81. The Morgan fingerprint density at radius 2 is 1.08 bits per heavy atom. The van der Waals surface area contributed by atoms with Gasteiger partial charge in [0.25, 0.3) is 0 Å². The fourth-order valence-corrected chi connectivity index (χ4v) is 11.4. The van der Waals surface area contributed by atoms with Crippen LogP contribution in [-0.4, -0.2) is 195 Å². The number of aliphatic carboxylic acids is 1. The number of aliphatic hydroxyl groups is 3. The standard InChI is InChI=1S/C56H80N2O24S2/c1-32-33(2)52(77-40(30-74-83(65,66)67)46(32)79-55-45(61)49(44(60)36(5)76-55)72-28-38-21-13-8-14-22-38)81-48-35(4)43(59)54(82-50(48)51(62)63)80-47-34(3)42(57-6)53(78-41(47)31-75-84(68,69)70)71-26-18-10-17-25-58(27-37-19-11-7-12-20-37)56(64)73-29-39-23-15-9-16-24-39/h7-9,11-16,19-24,32-36,40-50,52-55,57,59-61H,10,17-18,25-31H2,1-6H3,(H,62,63)(H,65,66,67)(H,68,69,70)/t32-,33?,34-,35-,36?,40?,41?,42?,43?,44-,45?,46+,47+,48+,49-,50?,52-,53+,54-,55+/m1/s1. The molecule has 4 aliphatic heterocycles. The Kier molecular flexibility index (Phi) is 24.8. The normalized spacial score (nSPS) is 33.9. The SMILES string of the molecule is CNC1[C@@H](OCCCCCN(Cc2ccccc2)C(=O)OCc2ccccc2)OC(COS(=O)(=O)O)[C@@H](O[C@@H]2OC(C(=O)O)[C@@H](O[C@H]3OC(COS(=O)(=O)O)[C@@H](O[C@@H]4OC(C)[C@@H](O)[C@@H](OCc5ccccc5)C4O)[C@H](C)C3C)[C@H](C)C2O)[C@@H]1C. The average molecular weight is 1230 g/mol. The lowest BCUT2D eigenvalue weighted by Crippen LogP contribution is -2.64. The summed E-state index contributed by atoms with van der Waals surface area (Å²) >= 11 is 0. The van der Waals surface area contributed by atoms with Crippen molar-refractivity contribution in [1.82, 2.24) is 10.2 Å². The number of rotatable bonds is 28. The van der Waals surface area contributed by atoms with E-state index in [0.717, 1.165) is 16.7 Å². The third kappa shape index (κ3) is 18.6. The summed E-state index contributed by atoms with van der Waals surface area (Å²) in [6.45, 7) is 7.44. The monoisotopic (exact) mass is 1230 g/mol. The van der Waals surface area contributed by atoms with Gasteiger partial charge in [0.1, 0.15) is 49.3 Å². The summed E-state index contributed by atoms with van der Waals surface area (Å²) in [7, 11) is -8.48. The Balaban J connectivity index is 0.985. The van der Waals surface area contributed by atoms with Gasteiger partial charge in [0.2, 0.25) is 0 Å². The van der Waals surface area contributed by atoms with E-state index in [1.54, 1.807) is 63.9 Å². The Hall–Kier alpha value is -4.38. The lowest BCUT2D eigenvalue weighted by Gasteiger charge is -2.50. The predicted molar refractivity (Wildman–Crippen MR) is 293 cm³/mol. The average Bonchev–Trinajstić information content (AvgIpc) is 2.34. The van der Waals surface area contributed by atoms with Crippen molar-refractivity contribution in [2.45, 2.75) is 172 Å². The van der Waals surface area contributed by atoms with Crippen LogP contribution in [0.15, 0.2) is 91.0 Å². The van der Waals surface area contributed by atoms with E-state index >= 15 is 0 Å². The molecule has 4 fully saturated rings. The maximum absolute atomic E-state index is 13.3. The molecule has 3 aromatic rings. The minimum atomic E-state index is -5.07. The lowest BCUT2D eigenvalue weighted by molar-refractivity contribution is -0.367. The molecule has 1 amide bonds. The summed E-state index contributed by atoms with van der Waals surface area (Å²) in [6, 6.07) is 27.2. The molecule has 4 aliphatic rings. The van der Waals surface area contributed by atoms with Crippen LogP contribution in [0.3, 0.4) is 0 Å². The van der Waals surface area contributed by atoms with Crippen LogP contribution < -0.4 is 5.32 Å². The smallest absolute Gasteiger partial charge is 0.410 e. The number of unbranched alkanes of at least 4 members (excludes halogenated alkanes) is 2. The molecule has 0 aliphatic carbocycles. The second kappa shape index (κ2) is 31.0. The lowest BCUT2D eigenvalue weighted by atomic mass is 9.84. The molecule has 0 aromatic heterocycles. The van der Waals surface area contributed by atoms with Gasteiger partial charge in [-0.15, -0.1) is 0 Å². The summed E-state index contributed by atoms with van der Waals surface area (Å²) in [4.78, 5) is 28.0. The molecule has 20 atom stereocenters. The van der Waals surface area contributed by atoms with E-state index in [0.29, 0.717) is 32.4 Å². The second-order valence-corrected chi connectivity index (χ2v) is 23.8. The minimum absolute atomic E-state index is 0.0249. The molecule has 7 N–H and O–H groups in total. The van der Waals surface area contributed by atoms with E-state index in [2.05, 4.69) is 5.32 Å². The molecule has 26 nitrogen and oxygen atoms in total. The number of nitrogens with zero attached hydrogens (tertiary/aromatic N) is 1. The number of hydrogen-bond donors (Lipinski definition) is 7. The molecule has 470 valence electrons. The van der Waals surface area contributed by atoms with Crippen LogP contribution in [0.2, 0.25) is 0 Å². The third-order valence-corrected chi connectivity index (χ3v) is 16.6. The fraction of sp³-hybridized carbons (Fsp3) is 0.643. The first-order valence-electron chi connectivity index (χ1n) is 28.0. The van der Waals surface area contributed by atoms with E-state index < -0.39 is 168 Å². The first kappa shape index (κ1) is 67.1. The van der Waals surface area contributed by atoms with Crippen LogP contribution in [-0.2, 0) is 101 Å². The zero-order valence-electron chi connectivity index (χ0n) is 47.6. The second-order valence-electron chi connectivity index (χ2n) is 21.6. The molecule has 0 saturated carbocycles. The number of benzene rings is 3. The van der Waals surface area contributed by atoms with E-state index in [1.165, 1.54) is 6.92 Å². The molecule has 4 saturated heterocycles. The number of carboxylic acid groups (broad SMARTS) is 1. The van der Waals surface area contributed by atoms with Crippen molar-refractivity contribution in [2.75, 3.05) is 33.4 Å². The van der Waals surface area contributed by atoms with E-state index in [9.17, 15) is 56.0 Å². The Morgan fingerprint density at radius 1 is 0.560 bits per heavy atom. The molecule has 0 radical (unpaired) electrons. The Morgan fingerprint density at radius 3 is 1.64 bits per heavy atom. The van der Waals surface area contributed by atoms with Crippen LogP contribution in [0.5, 0.6) is 0 Å². The molecule has 8 unspecified atom stereocenters. The maximum Gasteiger partial charge on any atom is 0.410 e. The number of aliphatic hydroxyl groups excluding tert-OH is 3. The number of ether oxygens (including phenoxy) is 10. The molecule has 0 bridgehead atoms. The maximum atomic E-state index is 13.3. The van der Waals surface area contributed by atoms with Crippen LogP contribution in [0, 0.1) is 23.7 Å². The summed E-state index contributed by atoms with van der Waals surface area (Å²) < 4.78 is 138. The number of hydrogen-bond acceptors (Lipinski definition) is 22. The van der Waals surface area contributed by atoms with Gasteiger partial charge >= 0.3 is 32.9 Å². The van der Waals surface area contributed by atoms with Crippen molar-refractivity contribution in [2.24, 2.45) is 23.7 Å². The highest BCUT2D eigenvalue weighted by Gasteiger charge is 2.55. The predicted octanol–water partition coefficient (Wildman–Crippen LogP) is 3.61. The van der Waals surface area contributed by atoms with Gasteiger partial charge in [0.05, 0.1) is 44.2 Å². The Bertz CT molecular complexity index is 2730. The molecular weight excluding hydrogens is 1150 g/mol. The van der Waals surface area contributed by atoms with Gasteiger partial charge in [-0.2, -0.15) is 16.8 Å². The van der Waals surface area contributed by atoms with Crippen LogP contribution in [0.25, 0.3) is 0 Å². The molecular formula is C56H80N2O24S2. The number of amides is 1. The van der Waals surface area contributed by atoms with Gasteiger partial charge in [0, 0.05) is 37.5 Å². The van der Waals surface area contributed by atoms with Gasteiger partial charge in [0.15, 0.2) is 31.3 Å². The Labute approximate surface area is 489 Å². The largest absolute Gasteiger partial charge is 0.479 e. The van der Waals surface area contributed by atoms with E-state index in [4.69, 9.17) is 55.7 Å². The molecule has 28 heteroatoms. The van der Waals surface area contributed by atoms with Crippen molar-refractivity contribution in [3.63, 3.8) is 0 Å². The van der Waals surface area contributed by atoms with Gasteiger partial charge < -0.3 is 78.0 Å². The number of carbonyl (C=O) groups excluding carboxylic acids is 1. The molecule has 3 aromatic carbocycles. The molecule has 4 heterocycles.